The molecule has 0 radical (unpaired) electrons. The zero-order chi connectivity index (χ0) is 15.0. The molecule has 3 rings (SSSR count). The first-order valence-corrected chi connectivity index (χ1v) is 9.70. The molecule has 2 aliphatic rings. The van der Waals surface area contributed by atoms with E-state index in [1.807, 2.05) is 6.26 Å². The predicted octanol–water partition coefficient (Wildman–Crippen LogP) is 3.18. The summed E-state index contributed by atoms with van der Waals surface area (Å²) in [4.78, 5) is 16.5. The summed E-state index contributed by atoms with van der Waals surface area (Å²) in [6.07, 6.45) is 6.71. The van der Waals surface area contributed by atoms with Gasteiger partial charge < -0.3 is 16.0 Å². The van der Waals surface area contributed by atoms with Gasteiger partial charge in [0.15, 0.2) is 0 Å². The van der Waals surface area contributed by atoms with Crippen LogP contribution in [-0.4, -0.2) is 31.3 Å². The summed E-state index contributed by atoms with van der Waals surface area (Å²) in [5.74, 6) is 0.777. The van der Waals surface area contributed by atoms with Crippen LogP contribution in [0.15, 0.2) is 4.90 Å². The summed E-state index contributed by atoms with van der Waals surface area (Å²) in [5.41, 5.74) is 6.92. The number of carbonyl (C=O) groups is 1. The second-order valence-corrected chi connectivity index (χ2v) is 7.76. The van der Waals surface area contributed by atoms with Crippen molar-refractivity contribution in [3.05, 3.63) is 4.88 Å². The predicted molar refractivity (Wildman–Crippen MR) is 91.6 cm³/mol. The highest BCUT2D eigenvalue weighted by Crippen LogP contribution is 2.45. The molecule has 1 saturated carbocycles. The molecule has 2 heterocycles. The first-order chi connectivity index (χ1) is 10.1. The monoisotopic (exact) mass is 325 g/mol. The summed E-state index contributed by atoms with van der Waals surface area (Å²) < 4.78 is 0. The zero-order valence-corrected chi connectivity index (χ0v) is 14.3. The van der Waals surface area contributed by atoms with Crippen LogP contribution in [0, 0.1) is 5.92 Å². The molecule has 0 bridgehead atoms. The maximum Gasteiger partial charge on any atom is 0.263 e. The molecule has 1 aliphatic heterocycles. The van der Waals surface area contributed by atoms with Crippen molar-refractivity contribution in [2.75, 3.05) is 30.0 Å². The highest BCUT2D eigenvalue weighted by molar-refractivity contribution is 7.99. The highest BCUT2D eigenvalue weighted by Gasteiger charge is 2.30. The number of amides is 1. The fourth-order valence-corrected chi connectivity index (χ4v) is 4.94. The molecular formula is C15H23N3OS2. The normalized spacial score (nSPS) is 21.8. The van der Waals surface area contributed by atoms with Gasteiger partial charge in [0.25, 0.3) is 5.91 Å². The number of carbonyl (C=O) groups excluding carboxylic acids is 1. The standard InChI is InChI=1S/C15H23N3OS2/c1-3-9-6-7-18(8-9)15-13(20-2)11(16)12(21-15)14(19)17-10-4-5-10/h9-10H,3-8,16H2,1-2H3,(H,17,19). The van der Waals surface area contributed by atoms with Crippen molar-refractivity contribution >= 4 is 39.7 Å². The van der Waals surface area contributed by atoms with Gasteiger partial charge >= 0.3 is 0 Å². The summed E-state index contributed by atoms with van der Waals surface area (Å²) in [6, 6.07) is 0.372. The molecule has 1 unspecified atom stereocenters. The van der Waals surface area contributed by atoms with Crippen molar-refractivity contribution in [3.8, 4) is 0 Å². The lowest BCUT2D eigenvalue weighted by Crippen LogP contribution is -2.25. The molecule has 0 spiro atoms. The van der Waals surface area contributed by atoms with Gasteiger partial charge in [-0.05, 0) is 31.4 Å². The molecule has 0 aromatic carbocycles. The van der Waals surface area contributed by atoms with Gasteiger partial charge in [-0.2, -0.15) is 0 Å². The molecule has 1 aromatic heterocycles. The molecule has 1 amide bonds. The Balaban J connectivity index is 1.84. The maximum absolute atomic E-state index is 12.3. The minimum atomic E-state index is 0.00721. The Kier molecular flexibility index (Phi) is 4.36. The topological polar surface area (TPSA) is 58.4 Å². The second kappa shape index (κ2) is 6.08. The van der Waals surface area contributed by atoms with Gasteiger partial charge in [0.1, 0.15) is 9.88 Å². The van der Waals surface area contributed by atoms with Crippen LogP contribution in [0.5, 0.6) is 0 Å². The molecule has 1 aliphatic carbocycles. The van der Waals surface area contributed by atoms with Gasteiger partial charge in [-0.25, -0.2) is 0 Å². The molecule has 1 atom stereocenters. The lowest BCUT2D eigenvalue weighted by atomic mass is 10.1. The fraction of sp³-hybridized carbons (Fsp3) is 0.667. The van der Waals surface area contributed by atoms with Gasteiger partial charge in [-0.1, -0.05) is 13.3 Å². The van der Waals surface area contributed by atoms with E-state index in [1.54, 1.807) is 23.1 Å². The van der Waals surface area contributed by atoms with Gasteiger partial charge in [0.05, 0.1) is 10.6 Å². The Morgan fingerprint density at radius 3 is 2.81 bits per heavy atom. The molecule has 1 aromatic rings. The van der Waals surface area contributed by atoms with Crippen LogP contribution in [0.3, 0.4) is 0 Å². The van der Waals surface area contributed by atoms with Crippen molar-refractivity contribution in [1.82, 2.24) is 5.32 Å². The van der Waals surface area contributed by atoms with Crippen LogP contribution in [0.1, 0.15) is 42.3 Å². The van der Waals surface area contributed by atoms with Crippen LogP contribution < -0.4 is 16.0 Å². The third-order valence-corrected chi connectivity index (χ3v) is 6.57. The van der Waals surface area contributed by atoms with Crippen LogP contribution >= 0.6 is 23.1 Å². The second-order valence-electron chi connectivity index (χ2n) is 5.94. The van der Waals surface area contributed by atoms with E-state index in [4.69, 9.17) is 5.73 Å². The molecular weight excluding hydrogens is 302 g/mol. The fourth-order valence-electron chi connectivity index (χ4n) is 2.82. The summed E-state index contributed by atoms with van der Waals surface area (Å²) >= 11 is 3.22. The number of hydrogen-bond donors (Lipinski definition) is 2. The number of nitrogen functional groups attached to an aromatic ring is 1. The van der Waals surface area contributed by atoms with E-state index in [-0.39, 0.29) is 5.91 Å². The molecule has 21 heavy (non-hydrogen) atoms. The Bertz CT molecular complexity index is 539. The van der Waals surface area contributed by atoms with E-state index < -0.39 is 0 Å². The average molecular weight is 326 g/mol. The Labute approximate surface area is 134 Å². The van der Waals surface area contributed by atoms with Crippen molar-refractivity contribution in [2.45, 2.75) is 43.5 Å². The Morgan fingerprint density at radius 1 is 1.48 bits per heavy atom. The minimum Gasteiger partial charge on any atom is -0.396 e. The van der Waals surface area contributed by atoms with E-state index in [9.17, 15) is 4.79 Å². The number of thioether (sulfide) groups is 1. The number of nitrogens with zero attached hydrogens (tertiary/aromatic N) is 1. The molecule has 4 nitrogen and oxygen atoms in total. The first-order valence-electron chi connectivity index (χ1n) is 7.66. The highest BCUT2D eigenvalue weighted by atomic mass is 32.2. The molecule has 1 saturated heterocycles. The quantitative estimate of drug-likeness (QED) is 0.816. The van der Waals surface area contributed by atoms with Gasteiger partial charge in [-0.3, -0.25) is 4.79 Å². The number of anilines is 2. The van der Waals surface area contributed by atoms with Gasteiger partial charge in [0, 0.05) is 19.1 Å². The number of thiophene rings is 1. The third kappa shape index (κ3) is 3.01. The summed E-state index contributed by atoms with van der Waals surface area (Å²) in [7, 11) is 0. The SMILES string of the molecule is CCC1CCN(c2sc(C(=O)NC3CC3)c(N)c2SC)C1. The van der Waals surface area contributed by atoms with Crippen molar-refractivity contribution in [2.24, 2.45) is 5.92 Å². The lowest BCUT2D eigenvalue weighted by molar-refractivity contribution is 0.0956. The Hall–Kier alpha value is -0.880. The summed E-state index contributed by atoms with van der Waals surface area (Å²) in [5, 5.41) is 4.24. The van der Waals surface area contributed by atoms with E-state index in [0.29, 0.717) is 16.6 Å². The molecule has 6 heteroatoms. The van der Waals surface area contributed by atoms with Crippen LogP contribution in [0.25, 0.3) is 0 Å². The van der Waals surface area contributed by atoms with E-state index >= 15 is 0 Å². The molecule has 116 valence electrons. The minimum absolute atomic E-state index is 0.00721. The third-order valence-electron chi connectivity index (χ3n) is 4.36. The average Bonchev–Trinajstić information content (AvgIpc) is 3.04. The lowest BCUT2D eigenvalue weighted by Gasteiger charge is -2.17. The number of nitrogens with one attached hydrogen (secondary N) is 1. The van der Waals surface area contributed by atoms with E-state index in [2.05, 4.69) is 17.1 Å². The van der Waals surface area contributed by atoms with Crippen molar-refractivity contribution in [3.63, 3.8) is 0 Å². The Morgan fingerprint density at radius 2 is 2.24 bits per heavy atom. The largest absolute Gasteiger partial charge is 0.396 e. The zero-order valence-electron chi connectivity index (χ0n) is 12.6. The number of nitrogens with two attached hydrogens (primary N) is 1. The van der Waals surface area contributed by atoms with Gasteiger partial charge in [-0.15, -0.1) is 23.1 Å². The molecule has 3 N–H and O–H groups in total. The van der Waals surface area contributed by atoms with E-state index in [0.717, 1.165) is 36.7 Å². The van der Waals surface area contributed by atoms with Crippen molar-refractivity contribution in [1.29, 1.82) is 0 Å². The van der Waals surface area contributed by atoms with Crippen LogP contribution in [0.2, 0.25) is 0 Å². The number of hydrogen-bond acceptors (Lipinski definition) is 5. The first kappa shape index (κ1) is 15.0. The van der Waals surface area contributed by atoms with Crippen LogP contribution in [-0.2, 0) is 0 Å². The van der Waals surface area contributed by atoms with Gasteiger partial charge in [0.2, 0.25) is 0 Å². The number of rotatable bonds is 5. The smallest absolute Gasteiger partial charge is 0.263 e. The van der Waals surface area contributed by atoms with Crippen molar-refractivity contribution < 1.29 is 4.79 Å². The maximum atomic E-state index is 12.3. The van der Waals surface area contributed by atoms with Crippen LogP contribution in [0.4, 0.5) is 10.7 Å². The van der Waals surface area contributed by atoms with E-state index in [1.165, 1.54) is 17.8 Å². The summed E-state index contributed by atoms with van der Waals surface area (Å²) in [6.45, 7) is 4.42. The molecule has 2 fully saturated rings.